The number of benzene rings is 1. The van der Waals surface area contributed by atoms with Crippen molar-refractivity contribution in [2.24, 2.45) is 5.92 Å². The average Bonchev–Trinajstić information content (AvgIpc) is 2.39. The minimum atomic E-state index is -0.923. The van der Waals surface area contributed by atoms with Gasteiger partial charge in [-0.15, -0.1) is 11.8 Å². The summed E-state index contributed by atoms with van der Waals surface area (Å²) < 4.78 is 25.7. The van der Waals surface area contributed by atoms with Gasteiger partial charge in [0.1, 0.15) is 0 Å². The highest BCUT2D eigenvalue weighted by atomic mass is 32.2. The van der Waals surface area contributed by atoms with E-state index in [0.29, 0.717) is 4.90 Å². The van der Waals surface area contributed by atoms with E-state index in [0.717, 1.165) is 23.9 Å². The van der Waals surface area contributed by atoms with Gasteiger partial charge in [0, 0.05) is 17.5 Å². The zero-order chi connectivity index (χ0) is 14.4. The van der Waals surface area contributed by atoms with Gasteiger partial charge in [-0.3, -0.25) is 4.79 Å². The molecular formula is C13H17F2NO2S. The van der Waals surface area contributed by atoms with E-state index >= 15 is 0 Å². The van der Waals surface area contributed by atoms with E-state index in [2.05, 4.69) is 5.32 Å². The van der Waals surface area contributed by atoms with Crippen molar-refractivity contribution in [2.45, 2.75) is 24.8 Å². The number of hydrogen-bond acceptors (Lipinski definition) is 3. The first-order valence-electron chi connectivity index (χ1n) is 5.92. The normalized spacial score (nSPS) is 13.9. The molecule has 1 amide bonds. The van der Waals surface area contributed by atoms with Crippen LogP contribution < -0.4 is 5.32 Å². The minimum Gasteiger partial charge on any atom is -0.396 e. The van der Waals surface area contributed by atoms with Crippen LogP contribution >= 0.6 is 11.8 Å². The SMILES string of the molecule is CC(CO)C(C)NC(=O)CSc1ccc(F)c(F)c1. The second-order valence-corrected chi connectivity index (χ2v) is 5.43. The van der Waals surface area contributed by atoms with Gasteiger partial charge in [0.15, 0.2) is 11.6 Å². The van der Waals surface area contributed by atoms with Crippen LogP contribution in [-0.2, 0) is 4.79 Å². The molecule has 1 rings (SSSR count). The van der Waals surface area contributed by atoms with Crippen molar-refractivity contribution in [3.05, 3.63) is 29.8 Å². The Hall–Kier alpha value is -1.14. The van der Waals surface area contributed by atoms with Crippen LogP contribution in [-0.4, -0.2) is 29.4 Å². The molecule has 19 heavy (non-hydrogen) atoms. The number of carbonyl (C=O) groups excluding carboxylic acids is 1. The fourth-order valence-corrected chi connectivity index (χ4v) is 2.04. The number of hydrogen-bond donors (Lipinski definition) is 2. The van der Waals surface area contributed by atoms with Crippen molar-refractivity contribution >= 4 is 17.7 Å². The third kappa shape index (κ3) is 5.16. The molecule has 0 aliphatic heterocycles. The zero-order valence-electron chi connectivity index (χ0n) is 10.8. The quantitative estimate of drug-likeness (QED) is 0.789. The van der Waals surface area contributed by atoms with Crippen LogP contribution in [0.1, 0.15) is 13.8 Å². The fraction of sp³-hybridized carbons (Fsp3) is 0.462. The van der Waals surface area contributed by atoms with Crippen LogP contribution in [0.15, 0.2) is 23.1 Å². The van der Waals surface area contributed by atoms with Crippen LogP contribution in [0.25, 0.3) is 0 Å². The number of nitrogens with one attached hydrogen (secondary N) is 1. The Kier molecular flexibility index (Phi) is 6.24. The average molecular weight is 289 g/mol. The Morgan fingerprint density at radius 2 is 2.05 bits per heavy atom. The maximum Gasteiger partial charge on any atom is 0.230 e. The Morgan fingerprint density at radius 3 is 2.63 bits per heavy atom. The number of aliphatic hydroxyl groups is 1. The van der Waals surface area contributed by atoms with E-state index in [9.17, 15) is 13.6 Å². The van der Waals surface area contributed by atoms with Crippen molar-refractivity contribution in [3.63, 3.8) is 0 Å². The summed E-state index contributed by atoms with van der Waals surface area (Å²) in [7, 11) is 0. The van der Waals surface area contributed by atoms with Gasteiger partial charge < -0.3 is 10.4 Å². The maximum atomic E-state index is 12.9. The highest BCUT2D eigenvalue weighted by molar-refractivity contribution is 8.00. The molecule has 3 nitrogen and oxygen atoms in total. The van der Waals surface area contributed by atoms with Crippen molar-refractivity contribution < 1.29 is 18.7 Å². The van der Waals surface area contributed by atoms with Gasteiger partial charge in [0.2, 0.25) is 5.91 Å². The van der Waals surface area contributed by atoms with Crippen LogP contribution in [0.4, 0.5) is 8.78 Å². The Bertz CT molecular complexity index is 443. The van der Waals surface area contributed by atoms with Crippen LogP contribution in [0, 0.1) is 17.6 Å². The van der Waals surface area contributed by atoms with E-state index in [1.165, 1.54) is 6.07 Å². The van der Waals surface area contributed by atoms with E-state index in [1.807, 2.05) is 6.92 Å². The summed E-state index contributed by atoms with van der Waals surface area (Å²) in [5.74, 6) is -1.94. The van der Waals surface area contributed by atoms with E-state index in [4.69, 9.17) is 5.11 Å². The molecule has 0 bridgehead atoms. The third-order valence-corrected chi connectivity index (χ3v) is 3.78. The molecule has 0 saturated heterocycles. The summed E-state index contributed by atoms with van der Waals surface area (Å²) in [6, 6.07) is 3.39. The lowest BCUT2D eigenvalue weighted by atomic mass is 10.1. The number of amides is 1. The zero-order valence-corrected chi connectivity index (χ0v) is 11.6. The van der Waals surface area contributed by atoms with Crippen molar-refractivity contribution in [1.82, 2.24) is 5.32 Å². The molecule has 1 aromatic rings. The summed E-state index contributed by atoms with van der Waals surface area (Å²) in [5.41, 5.74) is 0. The fourth-order valence-electron chi connectivity index (χ4n) is 1.31. The minimum absolute atomic E-state index is 0.00222. The van der Waals surface area contributed by atoms with Crippen molar-refractivity contribution in [1.29, 1.82) is 0 Å². The Labute approximate surface area is 115 Å². The molecule has 0 aliphatic carbocycles. The van der Waals surface area contributed by atoms with E-state index in [-0.39, 0.29) is 30.2 Å². The largest absolute Gasteiger partial charge is 0.396 e. The molecule has 106 valence electrons. The summed E-state index contributed by atoms with van der Waals surface area (Å²) in [4.78, 5) is 12.1. The molecule has 2 atom stereocenters. The third-order valence-electron chi connectivity index (χ3n) is 2.79. The molecule has 0 fully saturated rings. The standard InChI is InChI=1S/C13H17F2NO2S/c1-8(6-17)9(2)16-13(18)7-19-10-3-4-11(14)12(15)5-10/h3-5,8-9,17H,6-7H2,1-2H3,(H,16,18). The molecule has 0 aromatic heterocycles. The molecule has 0 heterocycles. The second kappa shape index (κ2) is 7.45. The van der Waals surface area contributed by atoms with Gasteiger partial charge in [-0.2, -0.15) is 0 Å². The van der Waals surface area contributed by atoms with Gasteiger partial charge in [-0.1, -0.05) is 6.92 Å². The topological polar surface area (TPSA) is 49.3 Å². The molecule has 0 radical (unpaired) electrons. The Morgan fingerprint density at radius 1 is 1.37 bits per heavy atom. The molecule has 0 saturated carbocycles. The molecule has 2 N–H and O–H groups in total. The lowest BCUT2D eigenvalue weighted by molar-refractivity contribution is -0.119. The number of aliphatic hydroxyl groups excluding tert-OH is 1. The van der Waals surface area contributed by atoms with Gasteiger partial charge >= 0.3 is 0 Å². The van der Waals surface area contributed by atoms with E-state index < -0.39 is 11.6 Å². The van der Waals surface area contributed by atoms with Crippen LogP contribution in [0.5, 0.6) is 0 Å². The van der Waals surface area contributed by atoms with E-state index in [1.54, 1.807) is 6.92 Å². The maximum absolute atomic E-state index is 12.9. The smallest absolute Gasteiger partial charge is 0.230 e. The first kappa shape index (κ1) is 15.9. The van der Waals surface area contributed by atoms with Crippen molar-refractivity contribution in [3.8, 4) is 0 Å². The van der Waals surface area contributed by atoms with Gasteiger partial charge in [0.05, 0.1) is 5.75 Å². The molecular weight excluding hydrogens is 272 g/mol. The van der Waals surface area contributed by atoms with Gasteiger partial charge in [0.25, 0.3) is 0 Å². The highest BCUT2D eigenvalue weighted by Gasteiger charge is 2.14. The highest BCUT2D eigenvalue weighted by Crippen LogP contribution is 2.20. The molecule has 0 spiro atoms. The molecule has 6 heteroatoms. The predicted octanol–water partition coefficient (Wildman–Crippen LogP) is 2.19. The number of rotatable bonds is 6. The number of carbonyl (C=O) groups is 1. The second-order valence-electron chi connectivity index (χ2n) is 4.38. The van der Waals surface area contributed by atoms with Gasteiger partial charge in [-0.05, 0) is 31.0 Å². The molecule has 2 unspecified atom stereocenters. The van der Waals surface area contributed by atoms with Crippen LogP contribution in [0.2, 0.25) is 0 Å². The molecule has 1 aromatic carbocycles. The summed E-state index contributed by atoms with van der Waals surface area (Å²) in [6.07, 6.45) is 0. The summed E-state index contributed by atoms with van der Waals surface area (Å²) in [6.45, 7) is 3.63. The van der Waals surface area contributed by atoms with Crippen molar-refractivity contribution in [2.75, 3.05) is 12.4 Å². The first-order chi connectivity index (χ1) is 8.93. The number of thioether (sulfide) groups is 1. The molecule has 0 aliphatic rings. The monoisotopic (exact) mass is 289 g/mol. The predicted molar refractivity (Wildman–Crippen MR) is 70.9 cm³/mol. The Balaban J connectivity index is 2.43. The summed E-state index contributed by atoms with van der Waals surface area (Å²) in [5, 5.41) is 11.7. The lowest BCUT2D eigenvalue weighted by Crippen LogP contribution is -2.39. The first-order valence-corrected chi connectivity index (χ1v) is 6.90. The number of halogens is 2. The lowest BCUT2D eigenvalue weighted by Gasteiger charge is -2.19. The van der Waals surface area contributed by atoms with Crippen LogP contribution in [0.3, 0.4) is 0 Å². The summed E-state index contributed by atoms with van der Waals surface area (Å²) >= 11 is 1.13. The van der Waals surface area contributed by atoms with Gasteiger partial charge in [-0.25, -0.2) is 8.78 Å².